The lowest BCUT2D eigenvalue weighted by atomic mass is 9.85. The standard InChI is InChI=1S/C61H76F2N9O12PS2/c1-35(37-16-18-39(19-17-37)51-36(2)65-34-86-51)66-54(77)44-29-43(73)32-72(44)58(81)52(59(3,4)5)67-48(74)22-23-64-49(75)30-50(76)69-25-26-71(45(33-69)56(79)70-24-12-15-40(31-70)38-13-10-9-11-14-38)57(80)53(60(6,7)8)68-55(78)47-28-41-27-42(20-21-46(41)87-47)61(62,63)85(82,83)84/h9-11,13-14,16-21,27-28,34-35,40,43-45,52-53,73H,12,15,22-26,29-33H2,1-8H3,(H,64,75)(H,66,77)(H,67,74)(H,68,78)(H2,82,83,84)/t35?,40-,43+,44-,45-,52?,53?/m0/s1. The number of nitrogens with zero attached hydrogens (tertiary/aromatic N) is 5. The van der Waals surface area contributed by atoms with Crippen molar-refractivity contribution < 1.29 is 66.6 Å². The van der Waals surface area contributed by atoms with Gasteiger partial charge in [0.2, 0.25) is 41.4 Å². The van der Waals surface area contributed by atoms with E-state index in [-0.39, 0.29) is 61.7 Å². The number of aliphatic hydroxyl groups excluding tert-OH is 1. The number of likely N-dealkylation sites (tertiary alicyclic amines) is 2. The molecular formula is C61H76F2N9O12PS2. The number of rotatable bonds is 18. The average Bonchev–Trinajstić information content (AvgIpc) is 3.07. The maximum atomic E-state index is 15.0. The number of thiazole rings is 1. The monoisotopic (exact) mass is 1260 g/mol. The van der Waals surface area contributed by atoms with Crippen LogP contribution < -0.4 is 21.3 Å². The summed E-state index contributed by atoms with van der Waals surface area (Å²) in [6.07, 6.45) is -0.517. The van der Waals surface area contributed by atoms with Crippen molar-refractivity contribution in [1.29, 1.82) is 0 Å². The molecule has 468 valence electrons. The first-order valence-electron chi connectivity index (χ1n) is 28.9. The van der Waals surface area contributed by atoms with Crippen LogP contribution in [-0.4, -0.2) is 163 Å². The van der Waals surface area contributed by atoms with E-state index in [9.17, 15) is 66.6 Å². The summed E-state index contributed by atoms with van der Waals surface area (Å²) >= 11 is 2.44. The number of benzene rings is 3. The summed E-state index contributed by atoms with van der Waals surface area (Å²) in [6, 6.07) is 16.5. The van der Waals surface area contributed by atoms with Gasteiger partial charge in [0.05, 0.1) is 39.6 Å². The lowest BCUT2D eigenvalue weighted by Crippen LogP contribution is -2.66. The van der Waals surface area contributed by atoms with Crippen molar-refractivity contribution in [3.8, 4) is 10.4 Å². The number of piperidine rings is 1. The number of hydrogen-bond donors (Lipinski definition) is 7. The van der Waals surface area contributed by atoms with E-state index >= 15 is 0 Å². The van der Waals surface area contributed by atoms with Crippen LogP contribution in [0, 0.1) is 17.8 Å². The highest BCUT2D eigenvalue weighted by molar-refractivity contribution is 7.52. The molecule has 3 aromatic carbocycles. The normalized spacial score (nSPS) is 19.7. The number of alkyl halides is 2. The van der Waals surface area contributed by atoms with Crippen molar-refractivity contribution in [2.45, 2.75) is 135 Å². The summed E-state index contributed by atoms with van der Waals surface area (Å²) in [5.74, 6) is -4.87. The summed E-state index contributed by atoms with van der Waals surface area (Å²) in [6.45, 7) is 13.9. The van der Waals surface area contributed by atoms with Crippen molar-refractivity contribution in [1.82, 2.24) is 45.9 Å². The van der Waals surface area contributed by atoms with Crippen LogP contribution in [0.1, 0.15) is 125 Å². The van der Waals surface area contributed by atoms with Crippen molar-refractivity contribution >= 4 is 87.6 Å². The number of aliphatic hydroxyl groups is 1. The van der Waals surface area contributed by atoms with Gasteiger partial charge in [-0.25, -0.2) is 4.98 Å². The van der Waals surface area contributed by atoms with Crippen molar-refractivity contribution in [3.63, 3.8) is 0 Å². The second-order valence-electron chi connectivity index (χ2n) is 24.8. The number of amides is 8. The Morgan fingerprint density at radius 1 is 0.770 bits per heavy atom. The molecule has 7 N–H and O–H groups in total. The van der Waals surface area contributed by atoms with E-state index in [0.717, 1.165) is 57.2 Å². The van der Waals surface area contributed by atoms with Gasteiger partial charge in [-0.1, -0.05) is 102 Å². The van der Waals surface area contributed by atoms with Gasteiger partial charge in [-0.3, -0.25) is 42.9 Å². The molecule has 3 saturated heterocycles. The second kappa shape index (κ2) is 26.8. The van der Waals surface area contributed by atoms with Gasteiger partial charge in [0, 0.05) is 68.3 Å². The SMILES string of the molecule is Cc1ncsc1-c1ccc(C(C)NC(=O)[C@@H]2C[C@@H](O)CN2C(=O)C(NC(=O)CCNC(=O)CC(=O)N2CCN(C(=O)C(NC(=O)c3cc4cc(C(F)(F)P(=O)(O)O)ccc4s3)C(C)(C)C)[C@H](C(=O)N3CCC[C@H](c4ccccc4)C3)C2)C(C)(C)C)cc1. The zero-order valence-corrected chi connectivity index (χ0v) is 52.4. The van der Waals surface area contributed by atoms with Gasteiger partial charge in [-0.05, 0) is 77.8 Å². The second-order valence-corrected chi connectivity index (χ2v) is 28.4. The highest BCUT2D eigenvalue weighted by Crippen LogP contribution is 2.59. The number of carbonyl (C=O) groups excluding carboxylic acids is 8. The molecule has 0 bridgehead atoms. The Balaban J connectivity index is 0.898. The number of piperazine rings is 1. The van der Waals surface area contributed by atoms with Crippen LogP contribution in [0.15, 0.2) is 84.4 Å². The molecule has 21 nitrogen and oxygen atoms in total. The van der Waals surface area contributed by atoms with E-state index in [2.05, 4.69) is 26.3 Å². The third-order valence-corrected chi connectivity index (χ3v) is 19.3. The fourth-order valence-corrected chi connectivity index (χ4v) is 13.5. The number of hydrogen-bond acceptors (Lipinski definition) is 13. The van der Waals surface area contributed by atoms with Gasteiger partial charge < -0.3 is 55.8 Å². The minimum absolute atomic E-state index is 0.0107. The molecule has 8 rings (SSSR count). The molecule has 0 aliphatic carbocycles. The highest BCUT2D eigenvalue weighted by Gasteiger charge is 2.51. The molecule has 8 amide bonds. The van der Waals surface area contributed by atoms with E-state index in [1.54, 1.807) is 52.0 Å². The summed E-state index contributed by atoms with van der Waals surface area (Å²) in [4.78, 5) is 143. The van der Waals surface area contributed by atoms with Crippen molar-refractivity contribution in [2.24, 2.45) is 10.8 Å². The highest BCUT2D eigenvalue weighted by atomic mass is 32.1. The fraction of sp³-hybridized carbons (Fsp3) is 0.492. The third kappa shape index (κ3) is 15.5. The minimum Gasteiger partial charge on any atom is -0.391 e. The van der Waals surface area contributed by atoms with Crippen LogP contribution >= 0.6 is 30.3 Å². The van der Waals surface area contributed by atoms with E-state index in [4.69, 9.17) is 0 Å². The van der Waals surface area contributed by atoms with Gasteiger partial charge in [0.1, 0.15) is 30.6 Å². The van der Waals surface area contributed by atoms with Gasteiger partial charge in [-0.2, -0.15) is 8.78 Å². The minimum atomic E-state index is -5.89. The van der Waals surface area contributed by atoms with Crippen LogP contribution in [0.25, 0.3) is 20.5 Å². The molecule has 3 unspecified atom stereocenters. The largest absolute Gasteiger partial charge is 0.399 e. The molecular weight excluding hydrogens is 1180 g/mol. The smallest absolute Gasteiger partial charge is 0.391 e. The number of halogens is 2. The number of β-amino-alcohol motifs (C(OH)–C–C–N with tert-alkyl or cyclic N) is 1. The average molecular weight is 1260 g/mol. The first kappa shape index (κ1) is 65.9. The predicted molar refractivity (Wildman–Crippen MR) is 324 cm³/mol. The molecule has 3 aliphatic heterocycles. The molecule has 87 heavy (non-hydrogen) atoms. The Hall–Kier alpha value is -7.02. The lowest BCUT2D eigenvalue weighted by molar-refractivity contribution is -0.155. The van der Waals surface area contributed by atoms with E-state index in [0.29, 0.717) is 24.2 Å². The number of aryl methyl sites for hydroxylation is 1. The summed E-state index contributed by atoms with van der Waals surface area (Å²) < 4.78 is 41.3. The van der Waals surface area contributed by atoms with Gasteiger partial charge >= 0.3 is 13.3 Å². The summed E-state index contributed by atoms with van der Waals surface area (Å²) in [5.41, 5.74) is -1.74. The Labute approximate surface area is 511 Å². The van der Waals surface area contributed by atoms with Gasteiger partial charge in [0.15, 0.2) is 0 Å². The number of carbonyl (C=O) groups is 8. The van der Waals surface area contributed by atoms with Crippen molar-refractivity contribution in [3.05, 3.63) is 112 Å². The topological polar surface area (TPSA) is 288 Å². The first-order valence-corrected chi connectivity index (χ1v) is 32.2. The molecule has 0 saturated carbocycles. The van der Waals surface area contributed by atoms with E-state index in [1.165, 1.54) is 38.2 Å². The van der Waals surface area contributed by atoms with Crippen LogP contribution in [0.4, 0.5) is 8.78 Å². The Morgan fingerprint density at radius 3 is 2.08 bits per heavy atom. The Morgan fingerprint density at radius 2 is 1.44 bits per heavy atom. The fourth-order valence-electron chi connectivity index (χ4n) is 11.3. The third-order valence-electron chi connectivity index (χ3n) is 16.2. The number of aromatic nitrogens is 1. The van der Waals surface area contributed by atoms with E-state index in [1.807, 2.05) is 68.4 Å². The van der Waals surface area contributed by atoms with Crippen LogP contribution in [0.2, 0.25) is 0 Å². The molecule has 2 aromatic heterocycles. The zero-order valence-electron chi connectivity index (χ0n) is 49.9. The quantitative estimate of drug-likeness (QED) is 0.0369. The molecule has 3 aliphatic rings. The zero-order chi connectivity index (χ0) is 63.5. The number of fused-ring (bicyclic) bond motifs is 1. The molecule has 5 heterocycles. The van der Waals surface area contributed by atoms with Crippen LogP contribution in [0.3, 0.4) is 0 Å². The van der Waals surface area contributed by atoms with Crippen LogP contribution in [0.5, 0.6) is 0 Å². The maximum Gasteiger partial charge on any atom is 0.399 e. The maximum absolute atomic E-state index is 15.0. The van der Waals surface area contributed by atoms with Gasteiger partial charge in [-0.15, -0.1) is 22.7 Å². The predicted octanol–water partition coefficient (Wildman–Crippen LogP) is 6.42. The Bertz CT molecular complexity index is 3440. The molecule has 26 heteroatoms. The first-order chi connectivity index (χ1) is 40.8. The van der Waals surface area contributed by atoms with Gasteiger partial charge in [0.25, 0.3) is 5.91 Å². The molecule has 7 atom stereocenters. The van der Waals surface area contributed by atoms with Crippen LogP contribution in [-0.2, 0) is 43.8 Å². The Kier molecular flexibility index (Phi) is 20.3. The molecule has 3 fully saturated rings. The molecule has 5 aromatic rings. The summed E-state index contributed by atoms with van der Waals surface area (Å²) in [5, 5.41) is 22.0. The number of nitrogens with one attached hydrogen (secondary N) is 4. The van der Waals surface area contributed by atoms with E-state index < -0.39 is 120 Å². The summed E-state index contributed by atoms with van der Waals surface area (Å²) in [7, 11) is -5.89. The number of thiophene rings is 1. The lowest BCUT2D eigenvalue weighted by Gasteiger charge is -2.45. The molecule has 0 spiro atoms. The van der Waals surface area contributed by atoms with Crippen molar-refractivity contribution in [2.75, 3.05) is 45.8 Å². The molecule has 0 radical (unpaired) electrons.